The summed E-state index contributed by atoms with van der Waals surface area (Å²) in [6.07, 6.45) is 3.10. The lowest BCUT2D eigenvalue weighted by Crippen LogP contribution is -2.10. The molecule has 0 aliphatic heterocycles. The van der Waals surface area contributed by atoms with Gasteiger partial charge in [-0.3, -0.25) is 0 Å². The molecule has 1 aliphatic rings. The van der Waals surface area contributed by atoms with Gasteiger partial charge in [-0.1, -0.05) is 134 Å². The standard InChI is InChI=1S/C48H31N3O2/c1-28-24-40(44-39-16-9-15-36(29-10-3-2-4-11-29)45(39)53-43(44)25-28)48-50-46(32-20-22-35-31(26-32)19-18-30-12-5-6-13-34(30)35)49-47(51-48)33-21-23-38-37-14-7-8-17-41(37)52-42(38)27-33/h2-24,26-28H,25H2,1H3. The van der Waals surface area contributed by atoms with E-state index in [1.54, 1.807) is 0 Å². The average Bonchev–Trinajstić information content (AvgIpc) is 3.78. The molecule has 0 spiro atoms. The number of fused-ring (bicyclic) bond motifs is 9. The van der Waals surface area contributed by atoms with Crippen molar-refractivity contribution in [3.05, 3.63) is 169 Å². The van der Waals surface area contributed by atoms with Crippen LogP contribution in [0.15, 0.2) is 161 Å². The molecule has 0 N–H and O–H groups in total. The first-order chi connectivity index (χ1) is 26.1. The summed E-state index contributed by atoms with van der Waals surface area (Å²) in [5, 5.41) is 7.99. The van der Waals surface area contributed by atoms with Crippen molar-refractivity contribution in [2.45, 2.75) is 13.3 Å². The highest BCUT2D eigenvalue weighted by Gasteiger charge is 2.28. The van der Waals surface area contributed by atoms with Crippen LogP contribution < -0.4 is 0 Å². The molecular weight excluding hydrogens is 651 g/mol. The minimum atomic E-state index is 0.225. The van der Waals surface area contributed by atoms with Crippen LogP contribution in [-0.4, -0.2) is 15.0 Å². The van der Waals surface area contributed by atoms with Crippen LogP contribution in [0.2, 0.25) is 0 Å². The fraction of sp³-hybridized carbons (Fsp3) is 0.0625. The van der Waals surface area contributed by atoms with Crippen LogP contribution in [-0.2, 0) is 6.42 Å². The molecule has 7 aromatic carbocycles. The second kappa shape index (κ2) is 11.6. The van der Waals surface area contributed by atoms with E-state index in [4.69, 9.17) is 23.8 Å². The Morgan fingerprint density at radius 1 is 0.491 bits per heavy atom. The second-order valence-electron chi connectivity index (χ2n) is 14.0. The van der Waals surface area contributed by atoms with Gasteiger partial charge in [-0.2, -0.15) is 0 Å². The van der Waals surface area contributed by atoms with Crippen molar-refractivity contribution in [2.24, 2.45) is 5.92 Å². The number of rotatable bonds is 4. The first-order valence-corrected chi connectivity index (χ1v) is 18.1. The van der Waals surface area contributed by atoms with E-state index < -0.39 is 0 Å². The van der Waals surface area contributed by atoms with Crippen molar-refractivity contribution in [3.63, 3.8) is 0 Å². The van der Waals surface area contributed by atoms with Gasteiger partial charge in [0.05, 0.1) is 0 Å². The van der Waals surface area contributed by atoms with Gasteiger partial charge in [-0.25, -0.2) is 15.0 Å². The third-order valence-corrected chi connectivity index (χ3v) is 10.6. The zero-order chi connectivity index (χ0) is 35.0. The summed E-state index contributed by atoms with van der Waals surface area (Å²) in [5.74, 6) is 3.00. The summed E-state index contributed by atoms with van der Waals surface area (Å²) in [6, 6.07) is 50.6. The normalized spacial score (nSPS) is 14.4. The fourth-order valence-electron chi connectivity index (χ4n) is 8.13. The Bertz CT molecular complexity index is 3120. The molecule has 11 rings (SSSR count). The van der Waals surface area contributed by atoms with Crippen LogP contribution in [0.1, 0.15) is 24.1 Å². The van der Waals surface area contributed by atoms with Crippen LogP contribution in [0, 0.1) is 5.92 Å². The monoisotopic (exact) mass is 681 g/mol. The zero-order valence-electron chi connectivity index (χ0n) is 28.9. The predicted molar refractivity (Wildman–Crippen MR) is 215 cm³/mol. The van der Waals surface area contributed by atoms with Crippen LogP contribution >= 0.6 is 0 Å². The molecule has 5 heteroatoms. The third kappa shape index (κ3) is 4.81. The maximum absolute atomic E-state index is 6.76. The van der Waals surface area contributed by atoms with Gasteiger partial charge in [-0.05, 0) is 57.3 Å². The Labute approximate surface area is 304 Å². The Balaban J connectivity index is 1.13. The van der Waals surface area contributed by atoms with E-state index in [-0.39, 0.29) is 5.92 Å². The molecule has 1 aliphatic carbocycles. The van der Waals surface area contributed by atoms with Gasteiger partial charge in [0.15, 0.2) is 17.5 Å². The molecule has 1 atom stereocenters. The molecule has 0 bridgehead atoms. The number of nitrogens with zero attached hydrogens (tertiary/aromatic N) is 3. The van der Waals surface area contributed by atoms with E-state index in [9.17, 15) is 0 Å². The van der Waals surface area contributed by atoms with E-state index in [0.717, 1.165) is 83.9 Å². The van der Waals surface area contributed by atoms with Gasteiger partial charge in [0.25, 0.3) is 0 Å². The molecule has 250 valence electrons. The third-order valence-electron chi connectivity index (χ3n) is 10.6. The molecule has 5 nitrogen and oxygen atoms in total. The lowest BCUT2D eigenvalue weighted by Gasteiger charge is -2.18. The summed E-state index contributed by atoms with van der Waals surface area (Å²) < 4.78 is 13.1. The van der Waals surface area contributed by atoms with E-state index in [1.807, 2.05) is 30.3 Å². The van der Waals surface area contributed by atoms with Gasteiger partial charge in [0, 0.05) is 50.4 Å². The predicted octanol–water partition coefficient (Wildman–Crippen LogP) is 12.4. The molecule has 1 unspecified atom stereocenters. The quantitative estimate of drug-likeness (QED) is 0.173. The van der Waals surface area contributed by atoms with Crippen LogP contribution in [0.4, 0.5) is 0 Å². The number of furan rings is 2. The SMILES string of the molecule is CC1C=C(c2nc(-c3ccc4c(ccc5ccccc54)c3)nc(-c3ccc4c(c3)oc3ccccc34)n2)c2c(oc3c(-c4ccccc4)cccc23)C1. The maximum atomic E-state index is 6.76. The Morgan fingerprint density at radius 2 is 1.15 bits per heavy atom. The van der Waals surface area contributed by atoms with E-state index in [2.05, 4.69) is 128 Å². The van der Waals surface area contributed by atoms with Crippen molar-refractivity contribution >= 4 is 60.0 Å². The number of para-hydroxylation sites is 2. The van der Waals surface area contributed by atoms with Gasteiger partial charge < -0.3 is 8.83 Å². The Kier molecular flexibility index (Phi) is 6.52. The van der Waals surface area contributed by atoms with Gasteiger partial charge in [-0.15, -0.1) is 0 Å². The molecule has 0 fully saturated rings. The first kappa shape index (κ1) is 29.8. The highest BCUT2D eigenvalue weighted by molar-refractivity contribution is 6.09. The van der Waals surface area contributed by atoms with E-state index in [1.165, 1.54) is 16.2 Å². The number of benzene rings is 7. The van der Waals surface area contributed by atoms with Gasteiger partial charge in [0.2, 0.25) is 0 Å². The minimum Gasteiger partial charge on any atom is -0.460 e. The molecule has 0 radical (unpaired) electrons. The Morgan fingerprint density at radius 3 is 2.02 bits per heavy atom. The van der Waals surface area contributed by atoms with Crippen molar-refractivity contribution in [2.75, 3.05) is 0 Å². The first-order valence-electron chi connectivity index (χ1n) is 18.1. The van der Waals surface area contributed by atoms with E-state index >= 15 is 0 Å². The highest BCUT2D eigenvalue weighted by Crippen LogP contribution is 2.43. The van der Waals surface area contributed by atoms with Crippen molar-refractivity contribution < 1.29 is 8.83 Å². The second-order valence-corrected chi connectivity index (χ2v) is 14.0. The zero-order valence-corrected chi connectivity index (χ0v) is 28.9. The lowest BCUT2D eigenvalue weighted by atomic mass is 9.88. The molecule has 0 amide bonds. The minimum absolute atomic E-state index is 0.225. The summed E-state index contributed by atoms with van der Waals surface area (Å²) in [6.45, 7) is 2.22. The lowest BCUT2D eigenvalue weighted by molar-refractivity contribution is 0.512. The number of aromatic nitrogens is 3. The summed E-state index contributed by atoms with van der Waals surface area (Å²) in [7, 11) is 0. The van der Waals surface area contributed by atoms with Crippen molar-refractivity contribution in [1.29, 1.82) is 0 Å². The topological polar surface area (TPSA) is 65.0 Å². The van der Waals surface area contributed by atoms with Gasteiger partial charge >= 0.3 is 0 Å². The van der Waals surface area contributed by atoms with Crippen molar-refractivity contribution in [3.8, 4) is 33.9 Å². The van der Waals surface area contributed by atoms with Gasteiger partial charge in [0.1, 0.15) is 22.5 Å². The molecule has 3 heterocycles. The molecule has 0 saturated carbocycles. The van der Waals surface area contributed by atoms with E-state index in [0.29, 0.717) is 17.5 Å². The number of hydrogen-bond acceptors (Lipinski definition) is 5. The fourth-order valence-corrected chi connectivity index (χ4v) is 8.13. The van der Waals surface area contributed by atoms with Crippen LogP contribution in [0.25, 0.3) is 93.9 Å². The molecule has 0 saturated heterocycles. The summed E-state index contributed by atoms with van der Waals surface area (Å²) in [4.78, 5) is 15.7. The smallest absolute Gasteiger partial charge is 0.164 e. The highest BCUT2D eigenvalue weighted by atomic mass is 16.3. The summed E-state index contributed by atoms with van der Waals surface area (Å²) >= 11 is 0. The largest absolute Gasteiger partial charge is 0.460 e. The molecule has 53 heavy (non-hydrogen) atoms. The number of allylic oxidation sites excluding steroid dienone is 1. The van der Waals surface area contributed by atoms with Crippen LogP contribution in [0.3, 0.4) is 0 Å². The number of hydrogen-bond donors (Lipinski definition) is 0. The Hall–Kier alpha value is -6.85. The van der Waals surface area contributed by atoms with Crippen LogP contribution in [0.5, 0.6) is 0 Å². The molecule has 3 aromatic heterocycles. The maximum Gasteiger partial charge on any atom is 0.164 e. The average molecular weight is 682 g/mol. The molecule has 10 aromatic rings. The molecular formula is C48H31N3O2. The summed E-state index contributed by atoms with van der Waals surface area (Å²) in [5.41, 5.74) is 8.54. The van der Waals surface area contributed by atoms with Crippen molar-refractivity contribution in [1.82, 2.24) is 15.0 Å².